The number of hydrogen-bond donors (Lipinski definition) is 1. The normalized spacial score (nSPS) is 10.7. The first-order valence-corrected chi connectivity index (χ1v) is 5.54. The third-order valence-electron chi connectivity index (χ3n) is 2.48. The molecule has 84 valence electrons. The predicted octanol–water partition coefficient (Wildman–Crippen LogP) is 2.35. The number of halogens is 1. The van der Waals surface area contributed by atoms with Gasteiger partial charge in [-0.3, -0.25) is 0 Å². The molecule has 0 spiro atoms. The third-order valence-corrected chi connectivity index (χ3v) is 2.71. The molecule has 2 aromatic rings. The monoisotopic (exact) mass is 235 g/mol. The molecule has 2 rings (SSSR count). The first-order valence-electron chi connectivity index (χ1n) is 5.16. The van der Waals surface area contributed by atoms with Gasteiger partial charge in [0.2, 0.25) is 0 Å². The molecule has 1 aromatic heterocycles. The lowest BCUT2D eigenvalue weighted by molar-refractivity contribution is 0.761. The van der Waals surface area contributed by atoms with E-state index in [1.807, 2.05) is 37.4 Å². The zero-order chi connectivity index (χ0) is 11.5. The summed E-state index contributed by atoms with van der Waals surface area (Å²) in [6, 6.07) is 7.83. The summed E-state index contributed by atoms with van der Waals surface area (Å²) in [4.78, 5) is 4.35. The summed E-state index contributed by atoms with van der Waals surface area (Å²) in [5.41, 5.74) is 7.63. The molecular weight excluding hydrogens is 222 g/mol. The summed E-state index contributed by atoms with van der Waals surface area (Å²) in [5.74, 6) is 0.973. The second-order valence-corrected chi connectivity index (χ2v) is 4.18. The minimum atomic E-state index is 0.476. The van der Waals surface area contributed by atoms with Gasteiger partial charge in [-0.1, -0.05) is 23.7 Å². The van der Waals surface area contributed by atoms with E-state index in [9.17, 15) is 0 Å². The fourth-order valence-electron chi connectivity index (χ4n) is 1.66. The van der Waals surface area contributed by atoms with Crippen LogP contribution in [-0.2, 0) is 13.1 Å². The van der Waals surface area contributed by atoms with Gasteiger partial charge in [-0.15, -0.1) is 0 Å². The van der Waals surface area contributed by atoms with Crippen LogP contribution in [0.5, 0.6) is 0 Å². The van der Waals surface area contributed by atoms with Crippen LogP contribution in [-0.4, -0.2) is 9.55 Å². The van der Waals surface area contributed by atoms with E-state index in [4.69, 9.17) is 17.3 Å². The molecule has 0 saturated carbocycles. The highest BCUT2D eigenvalue weighted by Gasteiger charge is 2.03. The van der Waals surface area contributed by atoms with Crippen molar-refractivity contribution in [2.45, 2.75) is 20.0 Å². The molecule has 1 aromatic carbocycles. The molecule has 1 heterocycles. The fraction of sp³-hybridized carbons (Fsp3) is 0.250. The highest BCUT2D eigenvalue weighted by Crippen LogP contribution is 2.13. The molecule has 2 N–H and O–H groups in total. The average Bonchev–Trinajstić information content (AvgIpc) is 2.60. The van der Waals surface area contributed by atoms with Gasteiger partial charge in [-0.2, -0.15) is 0 Å². The second-order valence-electron chi connectivity index (χ2n) is 3.74. The van der Waals surface area contributed by atoms with Crippen molar-refractivity contribution in [3.8, 4) is 0 Å². The van der Waals surface area contributed by atoms with Crippen LogP contribution in [0.15, 0.2) is 30.5 Å². The number of aryl methyl sites for hydroxylation is 1. The van der Waals surface area contributed by atoms with Crippen LogP contribution in [0.25, 0.3) is 0 Å². The highest BCUT2D eigenvalue weighted by atomic mass is 35.5. The van der Waals surface area contributed by atoms with Gasteiger partial charge in [-0.25, -0.2) is 4.98 Å². The van der Waals surface area contributed by atoms with Gasteiger partial charge in [0.25, 0.3) is 0 Å². The van der Waals surface area contributed by atoms with Crippen molar-refractivity contribution in [1.82, 2.24) is 9.55 Å². The Labute approximate surface area is 99.9 Å². The van der Waals surface area contributed by atoms with Crippen LogP contribution in [0.2, 0.25) is 5.02 Å². The number of nitrogens with two attached hydrogens (primary N) is 1. The summed E-state index contributed by atoms with van der Waals surface area (Å²) >= 11 is 5.94. The maximum atomic E-state index is 5.94. The smallest absolute Gasteiger partial charge is 0.106 e. The number of aromatic nitrogens is 2. The summed E-state index contributed by atoms with van der Waals surface area (Å²) in [7, 11) is 0. The molecule has 0 saturated heterocycles. The number of hydrogen-bond acceptors (Lipinski definition) is 2. The Kier molecular flexibility index (Phi) is 3.27. The Balaban J connectivity index is 2.23. The zero-order valence-corrected chi connectivity index (χ0v) is 9.91. The van der Waals surface area contributed by atoms with Gasteiger partial charge in [0.1, 0.15) is 5.82 Å². The van der Waals surface area contributed by atoms with Crippen LogP contribution in [0.4, 0.5) is 0 Å². The van der Waals surface area contributed by atoms with E-state index in [1.165, 1.54) is 0 Å². The molecule has 0 aliphatic heterocycles. The molecule has 0 bridgehead atoms. The van der Waals surface area contributed by atoms with Gasteiger partial charge in [0.05, 0.1) is 5.69 Å². The fourth-order valence-corrected chi connectivity index (χ4v) is 1.88. The van der Waals surface area contributed by atoms with Crippen molar-refractivity contribution in [3.63, 3.8) is 0 Å². The molecule has 0 radical (unpaired) electrons. The second kappa shape index (κ2) is 4.68. The van der Waals surface area contributed by atoms with Gasteiger partial charge in [0, 0.05) is 24.3 Å². The number of benzene rings is 1. The van der Waals surface area contributed by atoms with Gasteiger partial charge >= 0.3 is 0 Å². The molecule has 0 amide bonds. The summed E-state index contributed by atoms with van der Waals surface area (Å²) in [6.45, 7) is 3.23. The number of rotatable bonds is 3. The van der Waals surface area contributed by atoms with Crippen molar-refractivity contribution in [3.05, 3.63) is 52.6 Å². The Bertz CT molecular complexity index is 491. The standard InChI is InChI=1S/C12H14ClN3/c1-9-15-12(6-14)8-16(9)7-10-3-2-4-11(13)5-10/h2-5,8H,6-7,14H2,1H3. The Morgan fingerprint density at radius 1 is 1.44 bits per heavy atom. The summed E-state index contributed by atoms with van der Waals surface area (Å²) in [5, 5.41) is 0.759. The molecule has 3 nitrogen and oxygen atoms in total. The van der Waals surface area contributed by atoms with E-state index in [0.717, 1.165) is 28.6 Å². The van der Waals surface area contributed by atoms with E-state index in [0.29, 0.717) is 6.54 Å². The van der Waals surface area contributed by atoms with Crippen LogP contribution in [0, 0.1) is 6.92 Å². The third kappa shape index (κ3) is 2.43. The van der Waals surface area contributed by atoms with E-state index >= 15 is 0 Å². The van der Waals surface area contributed by atoms with Crippen molar-refractivity contribution in [2.75, 3.05) is 0 Å². The summed E-state index contributed by atoms with van der Waals surface area (Å²) in [6.07, 6.45) is 1.98. The molecule has 0 aliphatic rings. The maximum absolute atomic E-state index is 5.94. The van der Waals surface area contributed by atoms with E-state index in [-0.39, 0.29) is 0 Å². The van der Waals surface area contributed by atoms with Gasteiger partial charge < -0.3 is 10.3 Å². The van der Waals surface area contributed by atoms with E-state index in [1.54, 1.807) is 0 Å². The highest BCUT2D eigenvalue weighted by molar-refractivity contribution is 6.30. The minimum absolute atomic E-state index is 0.476. The summed E-state index contributed by atoms with van der Waals surface area (Å²) < 4.78 is 2.08. The van der Waals surface area contributed by atoms with Crippen LogP contribution >= 0.6 is 11.6 Å². The molecule has 0 unspecified atom stereocenters. The molecule has 0 fully saturated rings. The molecular formula is C12H14ClN3. The minimum Gasteiger partial charge on any atom is -0.330 e. The number of imidazole rings is 1. The average molecular weight is 236 g/mol. The largest absolute Gasteiger partial charge is 0.330 e. The van der Waals surface area contributed by atoms with E-state index in [2.05, 4.69) is 9.55 Å². The number of nitrogens with zero attached hydrogens (tertiary/aromatic N) is 2. The van der Waals surface area contributed by atoms with Crippen molar-refractivity contribution >= 4 is 11.6 Å². The molecule has 0 aliphatic carbocycles. The van der Waals surface area contributed by atoms with Gasteiger partial charge in [-0.05, 0) is 24.6 Å². The molecule has 16 heavy (non-hydrogen) atoms. The first-order chi connectivity index (χ1) is 7.69. The maximum Gasteiger partial charge on any atom is 0.106 e. The lowest BCUT2D eigenvalue weighted by Crippen LogP contribution is -2.00. The Morgan fingerprint density at radius 3 is 2.88 bits per heavy atom. The van der Waals surface area contributed by atoms with Gasteiger partial charge in [0.15, 0.2) is 0 Å². The molecule has 0 atom stereocenters. The molecule has 4 heteroatoms. The topological polar surface area (TPSA) is 43.8 Å². The van der Waals surface area contributed by atoms with Crippen molar-refractivity contribution in [1.29, 1.82) is 0 Å². The lowest BCUT2D eigenvalue weighted by Gasteiger charge is -2.05. The first kappa shape index (κ1) is 11.2. The Hall–Kier alpha value is -1.32. The van der Waals surface area contributed by atoms with Crippen molar-refractivity contribution in [2.24, 2.45) is 5.73 Å². The quantitative estimate of drug-likeness (QED) is 0.888. The zero-order valence-electron chi connectivity index (χ0n) is 9.15. The van der Waals surface area contributed by atoms with E-state index < -0.39 is 0 Å². The SMILES string of the molecule is Cc1nc(CN)cn1Cc1cccc(Cl)c1. The van der Waals surface area contributed by atoms with Crippen LogP contribution in [0.3, 0.4) is 0 Å². The Morgan fingerprint density at radius 2 is 2.25 bits per heavy atom. The van der Waals surface area contributed by atoms with Crippen LogP contribution in [0.1, 0.15) is 17.1 Å². The lowest BCUT2D eigenvalue weighted by atomic mass is 10.2. The van der Waals surface area contributed by atoms with Crippen LogP contribution < -0.4 is 5.73 Å². The van der Waals surface area contributed by atoms with Crippen molar-refractivity contribution < 1.29 is 0 Å². The predicted molar refractivity (Wildman–Crippen MR) is 65.4 cm³/mol.